The minimum Gasteiger partial charge on any atom is -0.481 e. The van der Waals surface area contributed by atoms with Gasteiger partial charge in [0.1, 0.15) is 6.04 Å². The molecular formula is C18H25N5O3. The van der Waals surface area contributed by atoms with Gasteiger partial charge in [-0.2, -0.15) is 4.98 Å². The number of carbonyl (C=O) groups excluding carboxylic acids is 1. The van der Waals surface area contributed by atoms with Gasteiger partial charge < -0.3 is 19.9 Å². The van der Waals surface area contributed by atoms with Crippen molar-refractivity contribution in [3.8, 4) is 5.88 Å². The quantitative estimate of drug-likeness (QED) is 0.822. The number of pyridine rings is 1. The zero-order chi connectivity index (χ0) is 18.4. The molecule has 3 rings (SSSR count). The second-order valence-corrected chi connectivity index (χ2v) is 6.55. The molecule has 2 amide bonds. The van der Waals surface area contributed by atoms with Crippen molar-refractivity contribution in [3.05, 3.63) is 35.6 Å². The van der Waals surface area contributed by atoms with E-state index in [4.69, 9.17) is 9.26 Å². The van der Waals surface area contributed by atoms with E-state index in [0.29, 0.717) is 24.2 Å². The molecule has 8 nitrogen and oxygen atoms in total. The Morgan fingerprint density at radius 3 is 2.96 bits per heavy atom. The number of methoxy groups -OCH3 is 1. The number of rotatable bonds is 6. The molecule has 2 aromatic rings. The lowest BCUT2D eigenvalue weighted by atomic mass is 9.89. The number of hydrogen-bond donors (Lipinski definition) is 2. The summed E-state index contributed by atoms with van der Waals surface area (Å²) in [6, 6.07) is 2.96. The molecule has 2 aromatic heterocycles. The molecule has 0 spiro atoms. The Kier molecular flexibility index (Phi) is 6.04. The summed E-state index contributed by atoms with van der Waals surface area (Å²) in [7, 11) is 1.55. The number of aromatic nitrogens is 3. The molecule has 0 bridgehead atoms. The van der Waals surface area contributed by atoms with Gasteiger partial charge in [0.25, 0.3) is 0 Å². The molecule has 1 fully saturated rings. The predicted octanol–water partition coefficient (Wildman–Crippen LogP) is 3.08. The zero-order valence-electron chi connectivity index (χ0n) is 15.2. The highest BCUT2D eigenvalue weighted by Crippen LogP contribution is 2.31. The van der Waals surface area contributed by atoms with Crippen LogP contribution in [-0.4, -0.2) is 28.3 Å². The van der Waals surface area contributed by atoms with Crippen LogP contribution in [-0.2, 0) is 6.54 Å². The van der Waals surface area contributed by atoms with E-state index in [-0.39, 0.29) is 12.1 Å². The third-order valence-corrected chi connectivity index (χ3v) is 4.63. The maximum atomic E-state index is 12.1. The first-order valence-electron chi connectivity index (χ1n) is 9.03. The largest absolute Gasteiger partial charge is 0.481 e. The third-order valence-electron chi connectivity index (χ3n) is 4.63. The molecule has 2 heterocycles. The number of nitrogens with zero attached hydrogens (tertiary/aromatic N) is 3. The van der Waals surface area contributed by atoms with E-state index in [1.54, 1.807) is 19.4 Å². The van der Waals surface area contributed by atoms with Crippen LogP contribution in [0.25, 0.3) is 0 Å². The average Bonchev–Trinajstić information content (AvgIpc) is 3.17. The number of nitrogens with one attached hydrogen (secondary N) is 2. The van der Waals surface area contributed by atoms with Gasteiger partial charge in [0.2, 0.25) is 11.8 Å². The lowest BCUT2D eigenvalue weighted by Gasteiger charge is -2.17. The molecule has 1 saturated carbocycles. The van der Waals surface area contributed by atoms with Gasteiger partial charge in [-0.25, -0.2) is 9.78 Å². The summed E-state index contributed by atoms with van der Waals surface area (Å²) < 4.78 is 10.5. The molecule has 0 aromatic carbocycles. The molecule has 140 valence electrons. The van der Waals surface area contributed by atoms with Crippen LogP contribution in [0.5, 0.6) is 5.88 Å². The molecule has 26 heavy (non-hydrogen) atoms. The maximum Gasteiger partial charge on any atom is 0.315 e. The number of hydrogen-bond acceptors (Lipinski definition) is 6. The first-order chi connectivity index (χ1) is 12.7. The fourth-order valence-corrected chi connectivity index (χ4v) is 3.18. The van der Waals surface area contributed by atoms with E-state index in [0.717, 1.165) is 24.2 Å². The van der Waals surface area contributed by atoms with Crippen molar-refractivity contribution in [2.45, 2.75) is 57.5 Å². The number of ether oxygens (including phenoxy) is 1. The van der Waals surface area contributed by atoms with Crippen LogP contribution < -0.4 is 15.4 Å². The van der Waals surface area contributed by atoms with Crippen LogP contribution >= 0.6 is 0 Å². The Morgan fingerprint density at radius 2 is 2.19 bits per heavy atom. The molecule has 1 aliphatic carbocycles. The van der Waals surface area contributed by atoms with Crippen molar-refractivity contribution < 1.29 is 14.1 Å². The fourth-order valence-electron chi connectivity index (χ4n) is 3.18. The van der Waals surface area contributed by atoms with E-state index >= 15 is 0 Å². The second kappa shape index (κ2) is 8.64. The molecule has 0 radical (unpaired) electrons. The molecular weight excluding hydrogens is 334 g/mol. The number of carbonyl (C=O) groups is 1. The minimum atomic E-state index is -0.365. The van der Waals surface area contributed by atoms with Crippen LogP contribution in [0.1, 0.15) is 68.3 Å². The molecule has 2 N–H and O–H groups in total. The third kappa shape index (κ3) is 4.50. The van der Waals surface area contributed by atoms with Gasteiger partial charge in [0.15, 0.2) is 5.82 Å². The van der Waals surface area contributed by atoms with E-state index < -0.39 is 0 Å². The van der Waals surface area contributed by atoms with Crippen LogP contribution in [0.2, 0.25) is 0 Å². The molecule has 0 aliphatic heterocycles. The summed E-state index contributed by atoms with van der Waals surface area (Å²) in [4.78, 5) is 20.7. The van der Waals surface area contributed by atoms with Gasteiger partial charge in [0.05, 0.1) is 7.11 Å². The summed E-state index contributed by atoms with van der Waals surface area (Å²) in [6.07, 6.45) is 7.55. The van der Waals surface area contributed by atoms with Gasteiger partial charge in [-0.05, 0) is 25.8 Å². The van der Waals surface area contributed by atoms with Crippen LogP contribution in [0, 0.1) is 0 Å². The highest BCUT2D eigenvalue weighted by Gasteiger charge is 2.23. The lowest BCUT2D eigenvalue weighted by molar-refractivity contribution is 0.233. The van der Waals surface area contributed by atoms with E-state index in [2.05, 4.69) is 25.8 Å². The van der Waals surface area contributed by atoms with Gasteiger partial charge in [-0.15, -0.1) is 0 Å². The van der Waals surface area contributed by atoms with Crippen molar-refractivity contribution in [1.29, 1.82) is 0 Å². The SMILES string of the molecule is COc1ncccc1CNC(=O)NC(C)c1nc(C2CCCCC2)no1. The highest BCUT2D eigenvalue weighted by atomic mass is 16.5. The predicted molar refractivity (Wildman–Crippen MR) is 94.7 cm³/mol. The van der Waals surface area contributed by atoms with Crippen LogP contribution in [0.15, 0.2) is 22.9 Å². The van der Waals surface area contributed by atoms with Gasteiger partial charge in [-0.3, -0.25) is 0 Å². The molecule has 8 heteroatoms. The Hall–Kier alpha value is -2.64. The van der Waals surface area contributed by atoms with E-state index in [9.17, 15) is 4.79 Å². The van der Waals surface area contributed by atoms with Gasteiger partial charge in [0, 0.05) is 24.2 Å². The standard InChI is InChI=1S/C18H25N5O3/c1-12(16-22-15(23-26-16)13-7-4-3-5-8-13)21-18(24)20-11-14-9-6-10-19-17(14)25-2/h6,9-10,12-13H,3-5,7-8,11H2,1-2H3,(H2,20,21,24). The maximum absolute atomic E-state index is 12.1. The van der Waals surface area contributed by atoms with E-state index in [1.807, 2.05) is 13.0 Å². The molecule has 1 atom stereocenters. The average molecular weight is 359 g/mol. The summed E-state index contributed by atoms with van der Waals surface area (Å²) in [5, 5.41) is 9.70. The second-order valence-electron chi connectivity index (χ2n) is 6.55. The first-order valence-corrected chi connectivity index (χ1v) is 9.03. The minimum absolute atomic E-state index is 0.312. The van der Waals surface area contributed by atoms with Gasteiger partial charge >= 0.3 is 6.03 Å². The number of urea groups is 1. The fraction of sp³-hybridized carbons (Fsp3) is 0.556. The smallest absolute Gasteiger partial charge is 0.315 e. The Morgan fingerprint density at radius 1 is 1.38 bits per heavy atom. The van der Waals surface area contributed by atoms with Crippen molar-refractivity contribution in [2.24, 2.45) is 0 Å². The van der Waals surface area contributed by atoms with E-state index in [1.165, 1.54) is 19.3 Å². The number of amides is 2. The Balaban J connectivity index is 1.51. The summed E-state index contributed by atoms with van der Waals surface area (Å²) in [5.74, 6) is 2.06. The lowest BCUT2D eigenvalue weighted by Crippen LogP contribution is -2.36. The Bertz CT molecular complexity index is 727. The van der Waals surface area contributed by atoms with Gasteiger partial charge in [-0.1, -0.05) is 30.5 Å². The van der Waals surface area contributed by atoms with Crippen molar-refractivity contribution in [1.82, 2.24) is 25.8 Å². The van der Waals surface area contributed by atoms with Crippen molar-refractivity contribution >= 4 is 6.03 Å². The topological polar surface area (TPSA) is 102 Å². The van der Waals surface area contributed by atoms with Crippen LogP contribution in [0.4, 0.5) is 4.79 Å². The summed E-state index contributed by atoms with van der Waals surface area (Å²) in [6.45, 7) is 2.13. The molecule has 1 aliphatic rings. The summed E-state index contributed by atoms with van der Waals surface area (Å²) in [5.41, 5.74) is 0.801. The Labute approximate surface area is 152 Å². The zero-order valence-corrected chi connectivity index (χ0v) is 15.2. The van der Waals surface area contributed by atoms with Crippen molar-refractivity contribution in [3.63, 3.8) is 0 Å². The highest BCUT2D eigenvalue weighted by molar-refractivity contribution is 5.74. The normalized spacial score (nSPS) is 16.1. The van der Waals surface area contributed by atoms with Crippen molar-refractivity contribution in [2.75, 3.05) is 7.11 Å². The van der Waals surface area contributed by atoms with Crippen LogP contribution in [0.3, 0.4) is 0 Å². The molecule has 0 saturated heterocycles. The summed E-state index contributed by atoms with van der Waals surface area (Å²) >= 11 is 0. The first kappa shape index (κ1) is 18.2. The molecule has 1 unspecified atom stereocenters. The monoisotopic (exact) mass is 359 g/mol.